The number of carbonyl (C=O) groups excluding carboxylic acids is 1. The number of hydrogen-bond acceptors (Lipinski definition) is 5. The van der Waals surface area contributed by atoms with E-state index in [0.29, 0.717) is 5.89 Å². The molecule has 0 spiro atoms. The number of esters is 1. The third-order valence-corrected chi connectivity index (χ3v) is 2.18. The zero-order valence-corrected chi connectivity index (χ0v) is 9.64. The lowest BCUT2D eigenvalue weighted by molar-refractivity contribution is 0.0508. The maximum absolute atomic E-state index is 11.3. The SMILES string of the molecule is CCOC(=O)c1noc(-c2ccc(C)cc2)n1. The van der Waals surface area contributed by atoms with E-state index in [0.717, 1.165) is 11.1 Å². The highest BCUT2D eigenvalue weighted by atomic mass is 16.5. The first kappa shape index (κ1) is 11.3. The normalized spacial score (nSPS) is 10.2. The molecule has 0 radical (unpaired) electrons. The van der Waals surface area contributed by atoms with Crippen LogP contribution in [0, 0.1) is 6.92 Å². The van der Waals surface area contributed by atoms with Crippen molar-refractivity contribution in [3.8, 4) is 11.5 Å². The molecule has 0 fully saturated rings. The Balaban J connectivity index is 2.23. The van der Waals surface area contributed by atoms with Gasteiger partial charge in [-0.15, -0.1) is 0 Å². The second kappa shape index (κ2) is 4.78. The van der Waals surface area contributed by atoms with Crippen LogP contribution in [0.15, 0.2) is 28.8 Å². The second-order valence-electron chi connectivity index (χ2n) is 3.51. The summed E-state index contributed by atoms with van der Waals surface area (Å²) >= 11 is 0. The third-order valence-electron chi connectivity index (χ3n) is 2.18. The monoisotopic (exact) mass is 232 g/mol. The molecule has 2 aromatic rings. The molecule has 17 heavy (non-hydrogen) atoms. The van der Waals surface area contributed by atoms with Gasteiger partial charge in [-0.3, -0.25) is 0 Å². The molecule has 0 aliphatic carbocycles. The van der Waals surface area contributed by atoms with Gasteiger partial charge in [0.25, 0.3) is 11.7 Å². The number of rotatable bonds is 3. The van der Waals surface area contributed by atoms with Gasteiger partial charge in [-0.05, 0) is 31.1 Å². The molecule has 0 aliphatic rings. The van der Waals surface area contributed by atoms with Crippen molar-refractivity contribution in [2.45, 2.75) is 13.8 Å². The van der Waals surface area contributed by atoms with Crippen molar-refractivity contribution in [1.82, 2.24) is 10.1 Å². The molecule has 0 N–H and O–H groups in total. The number of hydrogen-bond donors (Lipinski definition) is 0. The Hall–Kier alpha value is -2.17. The topological polar surface area (TPSA) is 65.2 Å². The van der Waals surface area contributed by atoms with Crippen LogP contribution in [0.4, 0.5) is 0 Å². The molecule has 5 heteroatoms. The summed E-state index contributed by atoms with van der Waals surface area (Å²) in [6.07, 6.45) is 0. The van der Waals surface area contributed by atoms with Gasteiger partial charge in [0.15, 0.2) is 0 Å². The van der Waals surface area contributed by atoms with Gasteiger partial charge in [-0.1, -0.05) is 17.7 Å². The van der Waals surface area contributed by atoms with Gasteiger partial charge in [-0.25, -0.2) is 4.79 Å². The Bertz CT molecular complexity index is 517. The van der Waals surface area contributed by atoms with E-state index in [2.05, 4.69) is 10.1 Å². The number of nitrogens with zero attached hydrogens (tertiary/aromatic N) is 2. The van der Waals surface area contributed by atoms with E-state index in [1.165, 1.54) is 0 Å². The van der Waals surface area contributed by atoms with Crippen LogP contribution in [0.5, 0.6) is 0 Å². The lowest BCUT2D eigenvalue weighted by Gasteiger charge is -1.95. The molecule has 0 atom stereocenters. The highest BCUT2D eigenvalue weighted by molar-refractivity contribution is 5.85. The third kappa shape index (κ3) is 2.50. The molecule has 5 nitrogen and oxygen atoms in total. The van der Waals surface area contributed by atoms with Crippen molar-refractivity contribution in [1.29, 1.82) is 0 Å². The number of aryl methyl sites for hydroxylation is 1. The van der Waals surface area contributed by atoms with Crippen LogP contribution >= 0.6 is 0 Å². The standard InChI is InChI=1S/C12H12N2O3/c1-3-16-12(15)10-13-11(17-14-10)9-6-4-8(2)5-7-9/h4-7H,3H2,1-2H3. The average molecular weight is 232 g/mol. The lowest BCUT2D eigenvalue weighted by Crippen LogP contribution is -2.06. The number of benzene rings is 1. The zero-order chi connectivity index (χ0) is 12.3. The zero-order valence-electron chi connectivity index (χ0n) is 9.64. The van der Waals surface area contributed by atoms with Gasteiger partial charge >= 0.3 is 5.97 Å². The van der Waals surface area contributed by atoms with Gasteiger partial charge in [0.2, 0.25) is 0 Å². The van der Waals surface area contributed by atoms with Crippen molar-refractivity contribution in [3.63, 3.8) is 0 Å². The van der Waals surface area contributed by atoms with Gasteiger partial charge in [0.1, 0.15) is 0 Å². The quantitative estimate of drug-likeness (QED) is 0.759. The van der Waals surface area contributed by atoms with E-state index in [1.807, 2.05) is 31.2 Å². The van der Waals surface area contributed by atoms with Crippen LogP contribution in [0.25, 0.3) is 11.5 Å². The predicted molar refractivity (Wildman–Crippen MR) is 60.4 cm³/mol. The fourth-order valence-electron chi connectivity index (χ4n) is 1.32. The number of aromatic nitrogens is 2. The number of ether oxygens (including phenoxy) is 1. The highest BCUT2D eigenvalue weighted by Gasteiger charge is 2.16. The Morgan fingerprint density at radius 3 is 2.71 bits per heavy atom. The van der Waals surface area contributed by atoms with Crippen molar-refractivity contribution in [2.24, 2.45) is 0 Å². The Morgan fingerprint density at radius 2 is 2.06 bits per heavy atom. The van der Waals surface area contributed by atoms with Crippen LogP contribution in [0.2, 0.25) is 0 Å². The van der Waals surface area contributed by atoms with Gasteiger partial charge in [0.05, 0.1) is 6.61 Å². The summed E-state index contributed by atoms with van der Waals surface area (Å²) in [6.45, 7) is 3.99. The van der Waals surface area contributed by atoms with E-state index >= 15 is 0 Å². The van der Waals surface area contributed by atoms with E-state index < -0.39 is 5.97 Å². The average Bonchev–Trinajstić information content (AvgIpc) is 2.80. The molecule has 0 bridgehead atoms. The first-order chi connectivity index (χ1) is 8.20. The van der Waals surface area contributed by atoms with Crippen LogP contribution in [-0.2, 0) is 4.74 Å². The smallest absolute Gasteiger partial charge is 0.379 e. The van der Waals surface area contributed by atoms with Crippen LogP contribution in [0.3, 0.4) is 0 Å². The second-order valence-corrected chi connectivity index (χ2v) is 3.51. The summed E-state index contributed by atoms with van der Waals surface area (Å²) in [6, 6.07) is 7.59. The Labute approximate surface area is 98.4 Å². The van der Waals surface area contributed by atoms with Crippen molar-refractivity contribution >= 4 is 5.97 Å². The Morgan fingerprint density at radius 1 is 1.35 bits per heavy atom. The minimum absolute atomic E-state index is 0.0533. The minimum Gasteiger partial charge on any atom is -0.460 e. The highest BCUT2D eigenvalue weighted by Crippen LogP contribution is 2.17. The molecule has 88 valence electrons. The Kier molecular flexibility index (Phi) is 3.18. The molecular weight excluding hydrogens is 220 g/mol. The number of carbonyl (C=O) groups is 1. The predicted octanol–water partition coefficient (Wildman–Crippen LogP) is 2.22. The van der Waals surface area contributed by atoms with Crippen molar-refractivity contribution in [3.05, 3.63) is 35.7 Å². The maximum atomic E-state index is 11.3. The molecule has 1 aromatic carbocycles. The molecular formula is C12H12N2O3. The van der Waals surface area contributed by atoms with Crippen LogP contribution < -0.4 is 0 Å². The van der Waals surface area contributed by atoms with Crippen molar-refractivity contribution < 1.29 is 14.1 Å². The molecule has 1 heterocycles. The molecule has 1 aromatic heterocycles. The van der Waals surface area contributed by atoms with E-state index in [-0.39, 0.29) is 12.4 Å². The molecule has 0 unspecified atom stereocenters. The summed E-state index contributed by atoms with van der Waals surface area (Å²) in [5.41, 5.74) is 1.91. The summed E-state index contributed by atoms with van der Waals surface area (Å²) in [7, 11) is 0. The van der Waals surface area contributed by atoms with Crippen LogP contribution in [0.1, 0.15) is 23.1 Å². The summed E-state index contributed by atoms with van der Waals surface area (Å²) in [5.74, 6) is -0.315. The fourth-order valence-corrected chi connectivity index (χ4v) is 1.32. The maximum Gasteiger partial charge on any atom is 0.379 e. The largest absolute Gasteiger partial charge is 0.460 e. The van der Waals surface area contributed by atoms with Gasteiger partial charge in [0, 0.05) is 5.56 Å². The first-order valence-electron chi connectivity index (χ1n) is 5.28. The van der Waals surface area contributed by atoms with E-state index in [9.17, 15) is 4.79 Å². The van der Waals surface area contributed by atoms with E-state index in [1.54, 1.807) is 6.92 Å². The summed E-state index contributed by atoms with van der Waals surface area (Å²) in [5, 5.41) is 3.57. The molecule has 0 aliphatic heterocycles. The molecule has 2 rings (SSSR count). The fraction of sp³-hybridized carbons (Fsp3) is 0.250. The summed E-state index contributed by atoms with van der Waals surface area (Å²) < 4.78 is 9.77. The molecule has 0 saturated heterocycles. The van der Waals surface area contributed by atoms with Gasteiger partial charge < -0.3 is 9.26 Å². The first-order valence-corrected chi connectivity index (χ1v) is 5.28. The molecule has 0 saturated carbocycles. The summed E-state index contributed by atoms with van der Waals surface area (Å²) in [4.78, 5) is 15.3. The van der Waals surface area contributed by atoms with Gasteiger partial charge in [-0.2, -0.15) is 4.98 Å². The van der Waals surface area contributed by atoms with Crippen LogP contribution in [-0.4, -0.2) is 22.7 Å². The molecule has 0 amide bonds. The minimum atomic E-state index is -0.574. The lowest BCUT2D eigenvalue weighted by atomic mass is 10.1. The van der Waals surface area contributed by atoms with E-state index in [4.69, 9.17) is 9.26 Å². The van der Waals surface area contributed by atoms with Crippen molar-refractivity contribution in [2.75, 3.05) is 6.61 Å².